The highest BCUT2D eigenvalue weighted by Gasteiger charge is 2.16. The first kappa shape index (κ1) is 11.7. The van der Waals surface area contributed by atoms with E-state index < -0.39 is 0 Å². The summed E-state index contributed by atoms with van der Waals surface area (Å²) in [7, 11) is 0. The summed E-state index contributed by atoms with van der Waals surface area (Å²) in [5, 5.41) is 1.06. The fraction of sp³-hybridized carbons (Fsp3) is 0. The van der Waals surface area contributed by atoms with Crippen LogP contribution in [0, 0.1) is 0 Å². The molecule has 21 heavy (non-hydrogen) atoms. The first-order valence-electron chi connectivity index (χ1n) is 6.59. The highest BCUT2D eigenvalue weighted by atomic mass is 16.2. The number of carbonyl (C=O) groups is 1. The Balaban J connectivity index is 1.91. The quantitative estimate of drug-likeness (QED) is 0.561. The van der Waals surface area contributed by atoms with Gasteiger partial charge in [0.15, 0.2) is 0 Å². The molecular weight excluding hydrogens is 264 g/mol. The number of aromatic nitrogens is 3. The number of carbonyl (C=O) groups excluding carboxylic acids is 1. The molecule has 2 heterocycles. The Kier molecular flexibility index (Phi) is 2.35. The maximum Gasteiger partial charge on any atom is 0.265 e. The van der Waals surface area contributed by atoms with Gasteiger partial charge in [0.25, 0.3) is 5.91 Å². The second-order valence-electron chi connectivity index (χ2n) is 4.88. The van der Waals surface area contributed by atoms with Crippen molar-refractivity contribution >= 4 is 33.8 Å². The molecule has 0 bridgehead atoms. The van der Waals surface area contributed by atoms with Gasteiger partial charge in [-0.2, -0.15) is 0 Å². The summed E-state index contributed by atoms with van der Waals surface area (Å²) in [5.74, 6) is 0.0190. The lowest BCUT2D eigenvalue weighted by Gasteiger charge is -2.05. The van der Waals surface area contributed by atoms with E-state index in [0.717, 1.165) is 10.9 Å². The normalized spacial score (nSPS) is 11.2. The summed E-state index contributed by atoms with van der Waals surface area (Å²) in [6.07, 6.45) is 1.85. The van der Waals surface area contributed by atoms with Crippen LogP contribution in [0.4, 0.5) is 5.95 Å². The van der Waals surface area contributed by atoms with E-state index in [1.807, 2.05) is 48.7 Å². The van der Waals surface area contributed by atoms with Crippen LogP contribution in [0.2, 0.25) is 0 Å². The molecule has 4 aromatic rings. The zero-order valence-electron chi connectivity index (χ0n) is 11.1. The number of benzene rings is 2. The fourth-order valence-electron chi connectivity index (χ4n) is 2.57. The van der Waals surface area contributed by atoms with Gasteiger partial charge in [0.1, 0.15) is 0 Å². The van der Waals surface area contributed by atoms with Crippen LogP contribution < -0.4 is 5.73 Å². The summed E-state index contributed by atoms with van der Waals surface area (Å²) >= 11 is 0. The number of aromatic amines is 1. The number of rotatable bonds is 1. The number of para-hydroxylation sites is 2. The fourth-order valence-corrected chi connectivity index (χ4v) is 2.57. The second-order valence-corrected chi connectivity index (χ2v) is 4.88. The van der Waals surface area contributed by atoms with Gasteiger partial charge in [-0.25, -0.2) is 9.55 Å². The van der Waals surface area contributed by atoms with Crippen molar-refractivity contribution in [1.82, 2.24) is 14.5 Å². The largest absolute Gasteiger partial charge is 0.369 e. The number of nitrogen functional groups attached to an aromatic ring is 1. The lowest BCUT2D eigenvalue weighted by atomic mass is 10.1. The first-order valence-corrected chi connectivity index (χ1v) is 6.59. The van der Waals surface area contributed by atoms with E-state index in [4.69, 9.17) is 5.73 Å². The number of H-pyrrole nitrogens is 1. The number of hydrogen-bond acceptors (Lipinski definition) is 3. The summed E-state index contributed by atoms with van der Waals surface area (Å²) in [4.78, 5) is 20.1. The Hall–Kier alpha value is -3.08. The summed E-state index contributed by atoms with van der Waals surface area (Å²) in [6.45, 7) is 0. The molecule has 0 unspecified atom stereocenters. The maximum atomic E-state index is 12.7. The third-order valence-corrected chi connectivity index (χ3v) is 3.59. The molecule has 0 saturated heterocycles. The van der Waals surface area contributed by atoms with E-state index in [9.17, 15) is 4.79 Å². The topological polar surface area (TPSA) is 76.7 Å². The highest BCUT2D eigenvalue weighted by Crippen LogP contribution is 2.21. The smallest absolute Gasteiger partial charge is 0.265 e. The molecule has 0 radical (unpaired) electrons. The minimum Gasteiger partial charge on any atom is -0.369 e. The van der Waals surface area contributed by atoms with Crippen LogP contribution in [0.1, 0.15) is 10.4 Å². The van der Waals surface area contributed by atoms with Crippen molar-refractivity contribution in [3.63, 3.8) is 0 Å². The molecule has 0 atom stereocenters. The number of imidazole rings is 1. The molecule has 3 N–H and O–H groups in total. The van der Waals surface area contributed by atoms with E-state index in [-0.39, 0.29) is 11.9 Å². The lowest BCUT2D eigenvalue weighted by molar-refractivity contribution is 0.0967. The van der Waals surface area contributed by atoms with E-state index in [1.54, 1.807) is 6.07 Å². The molecule has 0 aliphatic heterocycles. The first-order chi connectivity index (χ1) is 10.2. The molecule has 0 spiro atoms. The van der Waals surface area contributed by atoms with Crippen LogP contribution in [0.15, 0.2) is 54.7 Å². The summed E-state index contributed by atoms with van der Waals surface area (Å²) < 4.78 is 1.44. The van der Waals surface area contributed by atoms with Crippen LogP contribution in [0.25, 0.3) is 21.9 Å². The zero-order valence-corrected chi connectivity index (χ0v) is 11.1. The van der Waals surface area contributed by atoms with Crippen LogP contribution >= 0.6 is 0 Å². The molecule has 4 rings (SSSR count). The van der Waals surface area contributed by atoms with Gasteiger partial charge in [-0.15, -0.1) is 0 Å². The third-order valence-electron chi connectivity index (χ3n) is 3.59. The van der Waals surface area contributed by atoms with Crippen molar-refractivity contribution in [2.45, 2.75) is 0 Å². The molecule has 0 fully saturated rings. The molecule has 0 aliphatic rings. The van der Waals surface area contributed by atoms with Crippen LogP contribution in [-0.4, -0.2) is 20.4 Å². The number of nitrogens with two attached hydrogens (primary N) is 1. The Morgan fingerprint density at radius 3 is 2.90 bits per heavy atom. The Morgan fingerprint density at radius 2 is 2.00 bits per heavy atom. The summed E-state index contributed by atoms with van der Waals surface area (Å²) in [6, 6.07) is 14.9. The maximum absolute atomic E-state index is 12.7. The molecule has 0 saturated carbocycles. The second kappa shape index (κ2) is 4.21. The molecule has 5 nitrogen and oxygen atoms in total. The van der Waals surface area contributed by atoms with Gasteiger partial charge in [-0.1, -0.05) is 18.2 Å². The Morgan fingerprint density at radius 1 is 1.14 bits per heavy atom. The number of hydrogen-bond donors (Lipinski definition) is 2. The molecule has 0 amide bonds. The average Bonchev–Trinajstić information content (AvgIpc) is 3.08. The van der Waals surface area contributed by atoms with Crippen molar-refractivity contribution in [1.29, 1.82) is 0 Å². The Bertz CT molecular complexity index is 980. The number of fused-ring (bicyclic) bond motifs is 2. The predicted molar refractivity (Wildman–Crippen MR) is 82.2 cm³/mol. The molecule has 2 aromatic heterocycles. The van der Waals surface area contributed by atoms with E-state index >= 15 is 0 Å². The van der Waals surface area contributed by atoms with Crippen molar-refractivity contribution in [2.75, 3.05) is 5.73 Å². The van der Waals surface area contributed by atoms with Gasteiger partial charge < -0.3 is 10.7 Å². The van der Waals surface area contributed by atoms with Crippen molar-refractivity contribution in [3.8, 4) is 0 Å². The standard InChI is InChI=1S/C16H12N4O/c17-16-19-12-3-1-2-4-14(12)20(16)15(21)11-6-5-10-7-8-18-13(10)9-11/h1-9,18H,(H2,17,19). The van der Waals surface area contributed by atoms with Gasteiger partial charge in [0, 0.05) is 17.3 Å². The zero-order chi connectivity index (χ0) is 14.4. The number of nitrogens with zero attached hydrogens (tertiary/aromatic N) is 2. The predicted octanol–water partition coefficient (Wildman–Crippen LogP) is 2.79. The van der Waals surface area contributed by atoms with Gasteiger partial charge in [-0.3, -0.25) is 4.79 Å². The van der Waals surface area contributed by atoms with Crippen molar-refractivity contribution in [2.24, 2.45) is 0 Å². The number of anilines is 1. The van der Waals surface area contributed by atoms with Crippen molar-refractivity contribution in [3.05, 3.63) is 60.3 Å². The van der Waals surface area contributed by atoms with Gasteiger partial charge in [-0.05, 0) is 35.7 Å². The van der Waals surface area contributed by atoms with Gasteiger partial charge >= 0.3 is 0 Å². The van der Waals surface area contributed by atoms with E-state index in [0.29, 0.717) is 16.6 Å². The molecule has 5 heteroatoms. The minimum atomic E-state index is -0.183. The van der Waals surface area contributed by atoms with Gasteiger partial charge in [0.05, 0.1) is 11.0 Å². The molecule has 2 aromatic carbocycles. The SMILES string of the molecule is Nc1nc2ccccc2n1C(=O)c1ccc2cc[nH]c2c1. The molecule has 102 valence electrons. The highest BCUT2D eigenvalue weighted by molar-refractivity contribution is 6.05. The molecular formula is C16H12N4O. The van der Waals surface area contributed by atoms with Crippen LogP contribution in [0.3, 0.4) is 0 Å². The minimum absolute atomic E-state index is 0.183. The van der Waals surface area contributed by atoms with Crippen molar-refractivity contribution < 1.29 is 4.79 Å². The van der Waals surface area contributed by atoms with E-state index in [1.165, 1.54) is 4.57 Å². The number of nitrogens with one attached hydrogen (secondary N) is 1. The summed E-state index contributed by atoms with van der Waals surface area (Å²) in [5.41, 5.74) is 8.82. The van der Waals surface area contributed by atoms with E-state index in [2.05, 4.69) is 9.97 Å². The molecule has 0 aliphatic carbocycles. The van der Waals surface area contributed by atoms with Crippen LogP contribution in [-0.2, 0) is 0 Å². The average molecular weight is 276 g/mol. The lowest BCUT2D eigenvalue weighted by Crippen LogP contribution is -2.14. The van der Waals surface area contributed by atoms with Gasteiger partial charge in [0.2, 0.25) is 5.95 Å². The third kappa shape index (κ3) is 1.71. The monoisotopic (exact) mass is 276 g/mol. The van der Waals surface area contributed by atoms with Crippen LogP contribution in [0.5, 0.6) is 0 Å². The Labute approximate surface area is 120 Å².